The lowest BCUT2D eigenvalue weighted by Gasteiger charge is -2.36. The fourth-order valence-electron chi connectivity index (χ4n) is 4.03. The van der Waals surface area contributed by atoms with Gasteiger partial charge in [0.25, 0.3) is 0 Å². The third-order valence-corrected chi connectivity index (χ3v) is 6.26. The molecule has 2 rings (SSSR count). The predicted octanol–water partition coefficient (Wildman–Crippen LogP) is -1.26. The highest BCUT2D eigenvalue weighted by atomic mass is 16.5. The summed E-state index contributed by atoms with van der Waals surface area (Å²) in [6, 6.07) is 14.4. The molecule has 2 radical (unpaired) electrons. The number of hydrogen-bond donors (Lipinski definition) is 5. The van der Waals surface area contributed by atoms with Gasteiger partial charge in [0.1, 0.15) is 24.0 Å². The summed E-state index contributed by atoms with van der Waals surface area (Å²) in [4.78, 5) is 36.5. The quantitative estimate of drug-likeness (QED) is 0.0415. The highest BCUT2D eigenvalue weighted by Gasteiger charge is 2.29. The second-order valence-corrected chi connectivity index (χ2v) is 9.81. The minimum Gasteiger partial charge on any atom is -0.432 e. The fraction of sp³-hybridized carbons (Fsp3) is 0.346. The molecule has 0 fully saturated rings. The lowest BCUT2D eigenvalue weighted by Crippen LogP contribution is -2.56. The summed E-state index contributed by atoms with van der Waals surface area (Å²) in [5.74, 6) is 0.617. The Morgan fingerprint density at radius 2 is 1.18 bits per heavy atom. The van der Waals surface area contributed by atoms with Crippen LogP contribution in [0.3, 0.4) is 0 Å². The molecule has 14 nitrogen and oxygen atoms in total. The minimum absolute atomic E-state index is 0.169. The van der Waals surface area contributed by atoms with E-state index in [9.17, 15) is 24.7 Å². The number of carbonyl (C=O) groups excluding carboxylic acids is 2. The van der Waals surface area contributed by atoms with Gasteiger partial charge in [-0.1, -0.05) is 48.5 Å². The molecule has 7 N–H and O–H groups in total. The molecule has 234 valence electrons. The molecule has 0 spiro atoms. The smallest absolute Gasteiger partial charge is 0.429 e. The zero-order valence-electron chi connectivity index (χ0n) is 25.8. The zero-order chi connectivity index (χ0) is 33.2. The van der Waals surface area contributed by atoms with Crippen LogP contribution < -0.4 is 11.5 Å². The summed E-state index contributed by atoms with van der Waals surface area (Å²) in [5, 5.41) is 30.5. The first-order valence-corrected chi connectivity index (χ1v) is 14.3. The molecule has 19 heteroatoms. The molecule has 0 aliphatic carbocycles. The number of rotatable bonds is 19. The van der Waals surface area contributed by atoms with Crippen LogP contribution in [0.2, 0.25) is 20.5 Å². The van der Waals surface area contributed by atoms with E-state index in [-0.39, 0.29) is 57.1 Å². The fourth-order valence-corrected chi connectivity index (χ4v) is 4.03. The van der Waals surface area contributed by atoms with Crippen LogP contribution in [0.4, 0.5) is 0 Å². The van der Waals surface area contributed by atoms with Gasteiger partial charge in [-0.05, 0) is 31.6 Å². The van der Waals surface area contributed by atoms with Crippen LogP contribution in [-0.4, -0.2) is 117 Å². The Kier molecular flexibility index (Phi) is 16.7. The van der Waals surface area contributed by atoms with Crippen molar-refractivity contribution in [3.05, 3.63) is 70.8 Å². The Bertz CT molecular complexity index is 1280. The normalized spacial score (nSPS) is 11.9. The molecular weight excluding hydrogens is 576 g/mol. The third kappa shape index (κ3) is 13.3. The summed E-state index contributed by atoms with van der Waals surface area (Å²) < 4.78 is 11.6. The summed E-state index contributed by atoms with van der Waals surface area (Å²) in [5.41, 5.74) is 14.8. The van der Waals surface area contributed by atoms with E-state index in [1.807, 2.05) is 24.3 Å². The van der Waals surface area contributed by atoms with Crippen LogP contribution in [0.1, 0.15) is 22.3 Å². The van der Waals surface area contributed by atoms with Crippen molar-refractivity contribution < 1.29 is 34.1 Å². The largest absolute Gasteiger partial charge is 0.432 e. The van der Waals surface area contributed by atoms with Crippen LogP contribution in [0.15, 0.2) is 63.2 Å². The lowest BCUT2D eigenvalue weighted by molar-refractivity contribution is 0.109. The third-order valence-electron chi connectivity index (χ3n) is 6.26. The molecule has 0 heterocycles. The molecule has 2 aromatic carbocycles. The van der Waals surface area contributed by atoms with Crippen LogP contribution in [0.25, 0.3) is 0 Å². The van der Waals surface area contributed by atoms with E-state index in [0.717, 1.165) is 26.0 Å². The maximum absolute atomic E-state index is 11.1. The topological polar surface area (TPSA) is 209 Å². The highest BCUT2D eigenvalue weighted by Crippen LogP contribution is 2.10. The number of carbonyl (C=O) groups is 2. The Balaban J connectivity index is 1.99. The highest BCUT2D eigenvalue weighted by molar-refractivity contribution is 6.67. The average molecular weight is 615 g/mol. The first-order chi connectivity index (χ1) is 21.6. The number of amidine groups is 2. The van der Waals surface area contributed by atoms with Gasteiger partial charge in [0, 0.05) is 24.2 Å². The summed E-state index contributed by atoms with van der Waals surface area (Å²) in [7, 11) is -0.831. The standard InChI is InChI=1S/C26H38B5N7O7/c1-29(41)36-25(33)23-10-6-21(7-11-23)17-45-15-13-38(31(3)43)26(35-28-19-40)37(30(2)42)12-14-44-16-20-4-8-22(9-5-20)24(32)34-27-18-39/h4-11,18-19,41-43H,12-17H2,1-3H3,(H2,32,34)(H2,33,36). The number of nitrogens with zero attached hydrogens (tertiary/aromatic N) is 5. The predicted molar refractivity (Wildman–Crippen MR) is 181 cm³/mol. The van der Waals surface area contributed by atoms with Crippen LogP contribution in [0.5, 0.6) is 0 Å². The van der Waals surface area contributed by atoms with Crippen molar-refractivity contribution in [1.29, 1.82) is 0 Å². The molecular formula is C26H38B5N7O7. The van der Waals surface area contributed by atoms with E-state index in [2.05, 4.69) is 14.7 Å². The number of ether oxygens (including phenoxy) is 2. The van der Waals surface area contributed by atoms with Crippen molar-refractivity contribution in [2.45, 2.75) is 33.7 Å². The van der Waals surface area contributed by atoms with Crippen molar-refractivity contribution in [3.8, 4) is 0 Å². The number of nitrogens with two attached hydrogens (primary N) is 2. The lowest BCUT2D eigenvalue weighted by atomic mass is 9.81. The molecule has 0 aliphatic rings. The summed E-state index contributed by atoms with van der Waals surface area (Å²) in [6.07, 6.45) is 1.05. The molecule has 0 saturated carbocycles. The molecule has 0 amide bonds. The second kappa shape index (κ2) is 20.2. The summed E-state index contributed by atoms with van der Waals surface area (Å²) >= 11 is 0. The van der Waals surface area contributed by atoms with Gasteiger partial charge in [0.05, 0.1) is 26.4 Å². The van der Waals surface area contributed by atoms with Gasteiger partial charge in [0.15, 0.2) is 5.96 Å². The SMILES string of the molecule is CB(O)N=C(N)c1ccc(COCCN(B(C)O)C(=N[B]C=O)N(CCOCc2ccc(C(N)=N[B]C=O)cc2)B(C)O)cc1. The van der Waals surface area contributed by atoms with Gasteiger partial charge in [-0.25, -0.2) is 0 Å². The van der Waals surface area contributed by atoms with Crippen molar-refractivity contribution in [2.24, 2.45) is 26.2 Å². The van der Waals surface area contributed by atoms with Crippen molar-refractivity contribution in [1.82, 2.24) is 9.62 Å². The first-order valence-electron chi connectivity index (χ1n) is 14.3. The van der Waals surface area contributed by atoms with Gasteiger partial charge in [0.2, 0.25) is 0 Å². The molecule has 0 bridgehead atoms. The number of hydrogen-bond acceptors (Lipinski definition) is 10. The van der Waals surface area contributed by atoms with Gasteiger partial charge in [-0.15, -0.1) is 0 Å². The number of guanidine groups is 1. The first kappa shape index (κ1) is 37.3. The van der Waals surface area contributed by atoms with Crippen LogP contribution >= 0.6 is 0 Å². The molecule has 0 aliphatic heterocycles. The van der Waals surface area contributed by atoms with Crippen molar-refractivity contribution >= 4 is 66.0 Å². The minimum atomic E-state index is -1.03. The Morgan fingerprint density at radius 1 is 0.756 bits per heavy atom. The Hall–Kier alpha value is -3.89. The molecule has 45 heavy (non-hydrogen) atoms. The van der Waals surface area contributed by atoms with E-state index in [0.29, 0.717) is 23.5 Å². The van der Waals surface area contributed by atoms with Crippen LogP contribution in [-0.2, 0) is 32.3 Å². The van der Waals surface area contributed by atoms with E-state index < -0.39 is 21.2 Å². The van der Waals surface area contributed by atoms with Crippen LogP contribution in [0, 0.1) is 0 Å². The van der Waals surface area contributed by atoms with E-state index in [4.69, 9.17) is 20.9 Å². The maximum atomic E-state index is 11.1. The van der Waals surface area contributed by atoms with Gasteiger partial charge >= 0.3 is 36.0 Å². The van der Waals surface area contributed by atoms with Gasteiger partial charge < -0.3 is 65.0 Å². The molecule has 0 atom stereocenters. The second-order valence-electron chi connectivity index (χ2n) is 9.81. The Labute approximate surface area is 266 Å². The molecule has 2 aromatic rings. The molecule has 0 aromatic heterocycles. The van der Waals surface area contributed by atoms with Crippen molar-refractivity contribution in [3.63, 3.8) is 0 Å². The van der Waals surface area contributed by atoms with Gasteiger partial charge in [-0.2, -0.15) is 0 Å². The monoisotopic (exact) mass is 615 g/mol. The van der Waals surface area contributed by atoms with E-state index in [1.165, 1.54) is 16.4 Å². The van der Waals surface area contributed by atoms with Gasteiger partial charge in [-0.3, -0.25) is 4.90 Å². The maximum Gasteiger partial charge on any atom is 0.429 e. The Morgan fingerprint density at radius 3 is 1.58 bits per heavy atom. The molecule has 0 unspecified atom stereocenters. The zero-order valence-corrected chi connectivity index (χ0v) is 25.8. The van der Waals surface area contributed by atoms with E-state index in [1.54, 1.807) is 37.9 Å². The number of benzene rings is 2. The van der Waals surface area contributed by atoms with Crippen molar-refractivity contribution in [2.75, 3.05) is 26.3 Å². The molecule has 0 saturated heterocycles. The average Bonchev–Trinajstić information content (AvgIpc) is 3.01. The summed E-state index contributed by atoms with van der Waals surface area (Å²) in [6.45, 7) is 5.93. The van der Waals surface area contributed by atoms with E-state index >= 15 is 0 Å².